The van der Waals surface area contributed by atoms with Crippen LogP contribution in [0.1, 0.15) is 19.4 Å². The first-order valence-electron chi connectivity index (χ1n) is 7.79. The number of pyridine rings is 1. The number of benzene rings is 1. The van der Waals surface area contributed by atoms with E-state index >= 15 is 0 Å². The van der Waals surface area contributed by atoms with E-state index in [2.05, 4.69) is 16.4 Å². The van der Waals surface area contributed by atoms with Gasteiger partial charge in [-0.1, -0.05) is 38.1 Å². The molecule has 0 saturated heterocycles. The van der Waals surface area contributed by atoms with Crippen molar-refractivity contribution in [2.24, 2.45) is 11.3 Å². The Kier molecular flexibility index (Phi) is 4.48. The van der Waals surface area contributed by atoms with Crippen LogP contribution < -0.4 is 5.32 Å². The van der Waals surface area contributed by atoms with E-state index in [4.69, 9.17) is 0 Å². The predicted octanol–water partition coefficient (Wildman–Crippen LogP) is 3.50. The maximum atomic E-state index is 12.2. The van der Waals surface area contributed by atoms with Crippen LogP contribution in [0, 0.1) is 34.0 Å². The molecule has 2 aromatic rings. The molecule has 0 unspecified atom stereocenters. The number of nitrogens with zero attached hydrogens (tertiary/aromatic N) is 3. The van der Waals surface area contributed by atoms with Gasteiger partial charge < -0.3 is 5.32 Å². The highest BCUT2D eigenvalue weighted by Crippen LogP contribution is 2.42. The Morgan fingerprint density at radius 1 is 1.28 bits per heavy atom. The molecule has 0 fully saturated rings. The summed E-state index contributed by atoms with van der Waals surface area (Å²) in [4.78, 5) is 16.7. The SMILES string of the molecule is CC1(C)C(C#N)=C(SCc2cccc3cccnc23)NC(=O)[C@@H]1C#N. The summed E-state index contributed by atoms with van der Waals surface area (Å²) in [5.74, 6) is -0.654. The van der Waals surface area contributed by atoms with Crippen molar-refractivity contribution in [3.05, 3.63) is 52.7 Å². The molecule has 1 N–H and O–H groups in total. The molecule has 0 saturated carbocycles. The van der Waals surface area contributed by atoms with Gasteiger partial charge in [-0.15, -0.1) is 11.8 Å². The Hall–Kier alpha value is -2.83. The van der Waals surface area contributed by atoms with Gasteiger partial charge in [0, 0.05) is 22.8 Å². The monoisotopic (exact) mass is 348 g/mol. The molecule has 5 nitrogen and oxygen atoms in total. The second-order valence-electron chi connectivity index (χ2n) is 6.37. The second-order valence-corrected chi connectivity index (χ2v) is 7.36. The summed E-state index contributed by atoms with van der Waals surface area (Å²) in [5.41, 5.74) is 1.57. The van der Waals surface area contributed by atoms with Gasteiger partial charge in [0.15, 0.2) is 0 Å². The zero-order chi connectivity index (χ0) is 18.0. The molecule has 25 heavy (non-hydrogen) atoms. The van der Waals surface area contributed by atoms with E-state index < -0.39 is 11.3 Å². The summed E-state index contributed by atoms with van der Waals surface area (Å²) in [6.07, 6.45) is 1.75. The molecule has 1 atom stereocenters. The number of aromatic nitrogens is 1. The summed E-state index contributed by atoms with van der Waals surface area (Å²) < 4.78 is 0. The van der Waals surface area contributed by atoms with Crippen LogP contribution in [0.5, 0.6) is 0 Å². The highest BCUT2D eigenvalue weighted by Gasteiger charge is 2.44. The van der Waals surface area contributed by atoms with Gasteiger partial charge in [-0.25, -0.2) is 0 Å². The maximum Gasteiger partial charge on any atom is 0.243 e. The van der Waals surface area contributed by atoms with Gasteiger partial charge in [0.1, 0.15) is 5.92 Å². The molecule has 3 rings (SSSR count). The molecule has 0 aliphatic carbocycles. The molecule has 1 aliphatic rings. The first kappa shape index (κ1) is 17.0. The Balaban J connectivity index is 1.94. The van der Waals surface area contributed by atoms with Crippen molar-refractivity contribution < 1.29 is 4.79 Å². The largest absolute Gasteiger partial charge is 0.319 e. The van der Waals surface area contributed by atoms with Gasteiger partial charge in [0.05, 0.1) is 28.3 Å². The second kappa shape index (κ2) is 6.58. The summed E-state index contributed by atoms with van der Waals surface area (Å²) in [5, 5.41) is 23.1. The lowest BCUT2D eigenvalue weighted by atomic mass is 9.72. The lowest BCUT2D eigenvalue weighted by Crippen LogP contribution is -2.44. The van der Waals surface area contributed by atoms with Crippen LogP contribution >= 0.6 is 11.8 Å². The van der Waals surface area contributed by atoms with Crippen molar-refractivity contribution in [2.75, 3.05) is 0 Å². The number of nitrogens with one attached hydrogen (secondary N) is 1. The number of allylic oxidation sites excluding steroid dienone is 1. The molecule has 1 aromatic heterocycles. The molecule has 1 aliphatic heterocycles. The number of fused-ring (bicyclic) bond motifs is 1. The highest BCUT2D eigenvalue weighted by molar-refractivity contribution is 8.02. The van der Waals surface area contributed by atoms with Crippen molar-refractivity contribution in [3.8, 4) is 12.1 Å². The molecule has 0 spiro atoms. The standard InChI is InChI=1S/C19H16N4OS/c1-19(2)14(9-20)17(24)23-18(15(19)10-21)25-11-13-6-3-5-12-7-4-8-22-16(12)13/h3-8,14H,11H2,1-2H3,(H,23,24)/t14-/m0/s1. The molecule has 0 radical (unpaired) electrons. The number of carbonyl (C=O) groups is 1. The van der Waals surface area contributed by atoms with Crippen LogP contribution in [0.4, 0.5) is 0 Å². The maximum absolute atomic E-state index is 12.2. The third-order valence-corrected chi connectivity index (χ3v) is 5.47. The van der Waals surface area contributed by atoms with Crippen LogP contribution in [0.15, 0.2) is 47.1 Å². The molecular formula is C19H16N4OS. The number of thioether (sulfide) groups is 1. The van der Waals surface area contributed by atoms with Gasteiger partial charge in [0.2, 0.25) is 5.91 Å². The van der Waals surface area contributed by atoms with Gasteiger partial charge in [-0.2, -0.15) is 10.5 Å². The van der Waals surface area contributed by atoms with Crippen LogP contribution in [0.2, 0.25) is 0 Å². The number of rotatable bonds is 3. The summed E-state index contributed by atoms with van der Waals surface area (Å²) in [7, 11) is 0. The van der Waals surface area contributed by atoms with Crippen LogP contribution in [0.3, 0.4) is 0 Å². The lowest BCUT2D eigenvalue weighted by molar-refractivity contribution is -0.125. The van der Waals surface area contributed by atoms with Crippen LogP contribution in [0.25, 0.3) is 10.9 Å². The average Bonchev–Trinajstić information content (AvgIpc) is 2.59. The minimum absolute atomic E-state index is 0.356. The number of hydrogen-bond donors (Lipinski definition) is 1. The Morgan fingerprint density at radius 2 is 2.04 bits per heavy atom. The Morgan fingerprint density at radius 3 is 2.76 bits per heavy atom. The van der Waals surface area contributed by atoms with Gasteiger partial charge >= 0.3 is 0 Å². The lowest BCUT2D eigenvalue weighted by Gasteiger charge is -2.34. The van der Waals surface area contributed by atoms with E-state index in [0.29, 0.717) is 16.4 Å². The fourth-order valence-corrected chi connectivity index (χ4v) is 4.13. The van der Waals surface area contributed by atoms with E-state index in [-0.39, 0.29) is 5.91 Å². The fraction of sp³-hybridized carbons (Fsp3) is 0.263. The van der Waals surface area contributed by atoms with Crippen LogP contribution in [-0.4, -0.2) is 10.9 Å². The molecule has 1 amide bonds. The highest BCUT2D eigenvalue weighted by atomic mass is 32.2. The van der Waals surface area contributed by atoms with E-state index in [1.54, 1.807) is 20.0 Å². The Bertz CT molecular complexity index is 960. The van der Waals surface area contributed by atoms with Crippen molar-refractivity contribution in [2.45, 2.75) is 19.6 Å². The number of amides is 1. The first-order chi connectivity index (χ1) is 12.0. The smallest absolute Gasteiger partial charge is 0.243 e. The Labute approximate surface area is 150 Å². The topological polar surface area (TPSA) is 89.6 Å². The zero-order valence-corrected chi connectivity index (χ0v) is 14.7. The van der Waals surface area contributed by atoms with Gasteiger partial charge in [-0.3, -0.25) is 9.78 Å². The zero-order valence-electron chi connectivity index (χ0n) is 13.9. The van der Waals surface area contributed by atoms with Crippen molar-refractivity contribution in [1.29, 1.82) is 10.5 Å². The molecule has 6 heteroatoms. The molecular weight excluding hydrogens is 332 g/mol. The van der Waals surface area contributed by atoms with E-state index in [9.17, 15) is 15.3 Å². The third kappa shape index (κ3) is 2.97. The third-order valence-electron chi connectivity index (χ3n) is 4.42. The predicted molar refractivity (Wildman–Crippen MR) is 96.7 cm³/mol. The molecule has 0 bridgehead atoms. The molecule has 1 aromatic carbocycles. The van der Waals surface area contributed by atoms with E-state index in [0.717, 1.165) is 16.5 Å². The summed E-state index contributed by atoms with van der Waals surface area (Å²) in [6, 6.07) is 14.0. The number of carbonyl (C=O) groups excluding carboxylic acids is 1. The minimum atomic E-state index is -0.870. The number of para-hydroxylation sites is 1. The first-order valence-corrected chi connectivity index (χ1v) is 8.78. The molecule has 124 valence electrons. The van der Waals surface area contributed by atoms with Crippen molar-refractivity contribution in [1.82, 2.24) is 10.3 Å². The average molecular weight is 348 g/mol. The van der Waals surface area contributed by atoms with Gasteiger partial charge in [-0.05, 0) is 11.6 Å². The number of nitriles is 2. The normalized spacial score (nSPS) is 19.2. The van der Waals surface area contributed by atoms with E-state index in [1.807, 2.05) is 36.4 Å². The van der Waals surface area contributed by atoms with Gasteiger partial charge in [0.25, 0.3) is 0 Å². The van der Waals surface area contributed by atoms with E-state index in [1.165, 1.54) is 11.8 Å². The van der Waals surface area contributed by atoms with Crippen molar-refractivity contribution >= 4 is 28.6 Å². The fourth-order valence-electron chi connectivity index (χ4n) is 2.97. The number of hydrogen-bond acceptors (Lipinski definition) is 5. The van der Waals surface area contributed by atoms with Crippen molar-refractivity contribution in [3.63, 3.8) is 0 Å². The quantitative estimate of drug-likeness (QED) is 0.917. The summed E-state index contributed by atoms with van der Waals surface area (Å²) >= 11 is 1.39. The summed E-state index contributed by atoms with van der Waals surface area (Å²) in [6.45, 7) is 3.52. The molecule has 2 heterocycles. The van der Waals surface area contributed by atoms with Crippen LogP contribution in [-0.2, 0) is 10.5 Å². The minimum Gasteiger partial charge on any atom is -0.319 e.